The van der Waals surface area contributed by atoms with Gasteiger partial charge in [0.25, 0.3) is 0 Å². The molecule has 50 heavy (non-hydrogen) atoms. The van der Waals surface area contributed by atoms with Gasteiger partial charge in [0.2, 0.25) is 0 Å². The van der Waals surface area contributed by atoms with Gasteiger partial charge in [-0.1, -0.05) is 127 Å². The summed E-state index contributed by atoms with van der Waals surface area (Å²) in [6.45, 7) is 0. The SMILES string of the molecule is C1=Cc2cc(-c3nc(-c4ccc(-c5cnc6ccccc6c5)cc4)nc(-c4cc5ccccc5c5ccccc45)n3)c3ccccc3c2CC1. The summed E-state index contributed by atoms with van der Waals surface area (Å²) in [4.78, 5) is 20.4. The number of benzene rings is 7. The summed E-state index contributed by atoms with van der Waals surface area (Å²) >= 11 is 0. The summed E-state index contributed by atoms with van der Waals surface area (Å²) in [6, 6.07) is 49.1. The van der Waals surface area contributed by atoms with Crippen LogP contribution >= 0.6 is 0 Å². The Morgan fingerprint density at radius 2 is 1.04 bits per heavy atom. The van der Waals surface area contributed by atoms with Gasteiger partial charge in [0, 0.05) is 33.8 Å². The van der Waals surface area contributed by atoms with Crippen molar-refractivity contribution in [2.45, 2.75) is 12.8 Å². The second-order valence-corrected chi connectivity index (χ2v) is 13.0. The molecule has 1 aliphatic carbocycles. The average molecular weight is 639 g/mol. The molecule has 0 spiro atoms. The largest absolute Gasteiger partial charge is 0.256 e. The van der Waals surface area contributed by atoms with Gasteiger partial charge in [-0.3, -0.25) is 4.98 Å². The number of allylic oxidation sites excluding steroid dienone is 1. The maximum atomic E-state index is 5.29. The molecule has 1 aliphatic rings. The molecule has 0 radical (unpaired) electrons. The molecule has 7 aromatic carbocycles. The van der Waals surface area contributed by atoms with Crippen LogP contribution in [0.25, 0.3) is 94.6 Å². The molecular formula is C46H30N4. The Morgan fingerprint density at radius 1 is 0.440 bits per heavy atom. The average Bonchev–Trinajstić information content (AvgIpc) is 3.20. The Hall–Kier alpha value is -6.52. The van der Waals surface area contributed by atoms with Crippen molar-refractivity contribution < 1.29 is 0 Å². The van der Waals surface area contributed by atoms with Gasteiger partial charge in [-0.25, -0.2) is 15.0 Å². The highest BCUT2D eigenvalue weighted by Crippen LogP contribution is 2.38. The minimum Gasteiger partial charge on any atom is -0.256 e. The number of pyridine rings is 1. The van der Waals surface area contributed by atoms with Crippen LogP contribution in [0, 0.1) is 0 Å². The summed E-state index contributed by atoms with van der Waals surface area (Å²) in [5.74, 6) is 1.97. The van der Waals surface area contributed by atoms with Gasteiger partial charge in [-0.15, -0.1) is 0 Å². The lowest BCUT2D eigenvalue weighted by Gasteiger charge is -2.18. The first-order valence-electron chi connectivity index (χ1n) is 17.1. The van der Waals surface area contributed by atoms with E-state index in [9.17, 15) is 0 Å². The van der Waals surface area contributed by atoms with Crippen molar-refractivity contribution >= 4 is 49.3 Å². The summed E-state index contributed by atoms with van der Waals surface area (Å²) in [6.07, 6.45) is 8.53. The molecule has 0 saturated carbocycles. The topological polar surface area (TPSA) is 51.6 Å². The zero-order chi connectivity index (χ0) is 33.0. The van der Waals surface area contributed by atoms with Crippen LogP contribution in [0.4, 0.5) is 0 Å². The number of aryl methyl sites for hydroxylation is 1. The van der Waals surface area contributed by atoms with Crippen molar-refractivity contribution in [2.75, 3.05) is 0 Å². The maximum Gasteiger partial charge on any atom is 0.164 e. The third-order valence-corrected chi connectivity index (χ3v) is 10.0. The van der Waals surface area contributed by atoms with Crippen molar-refractivity contribution in [1.82, 2.24) is 19.9 Å². The molecule has 234 valence electrons. The Morgan fingerprint density at radius 3 is 1.84 bits per heavy atom. The van der Waals surface area contributed by atoms with E-state index in [-0.39, 0.29) is 0 Å². The summed E-state index contributed by atoms with van der Waals surface area (Å²) in [7, 11) is 0. The number of rotatable bonds is 4. The summed E-state index contributed by atoms with van der Waals surface area (Å²) in [5, 5.41) is 8.21. The first kappa shape index (κ1) is 28.5. The third-order valence-electron chi connectivity index (χ3n) is 10.0. The third kappa shape index (κ3) is 4.76. The Bertz CT molecular complexity index is 2820. The first-order chi connectivity index (χ1) is 24.8. The summed E-state index contributed by atoms with van der Waals surface area (Å²) < 4.78 is 0. The number of hydrogen-bond donors (Lipinski definition) is 0. The highest BCUT2D eigenvalue weighted by Gasteiger charge is 2.20. The van der Waals surface area contributed by atoms with Gasteiger partial charge in [0.05, 0.1) is 5.52 Å². The van der Waals surface area contributed by atoms with E-state index in [4.69, 9.17) is 19.9 Å². The minimum atomic E-state index is 0.641. The molecule has 10 rings (SSSR count). The molecule has 0 aliphatic heterocycles. The normalized spacial score (nSPS) is 12.6. The number of nitrogens with zero attached hydrogens (tertiary/aromatic N) is 4. The molecule has 0 amide bonds. The number of aromatic nitrogens is 4. The Kier molecular flexibility index (Phi) is 6.59. The van der Waals surface area contributed by atoms with Gasteiger partial charge in [0.15, 0.2) is 17.5 Å². The second kappa shape index (κ2) is 11.6. The van der Waals surface area contributed by atoms with Gasteiger partial charge in [-0.05, 0) is 86.1 Å². The molecule has 2 heterocycles. The van der Waals surface area contributed by atoms with Gasteiger partial charge in [0.1, 0.15) is 0 Å². The van der Waals surface area contributed by atoms with Crippen molar-refractivity contribution in [2.24, 2.45) is 0 Å². The molecule has 0 saturated heterocycles. The lowest BCUT2D eigenvalue weighted by molar-refractivity contribution is 0.996. The van der Waals surface area contributed by atoms with E-state index in [0.29, 0.717) is 17.5 Å². The molecule has 0 unspecified atom stereocenters. The fourth-order valence-corrected chi connectivity index (χ4v) is 7.53. The van der Waals surface area contributed by atoms with Crippen LogP contribution < -0.4 is 0 Å². The fraction of sp³-hybridized carbons (Fsp3) is 0.0435. The lowest BCUT2D eigenvalue weighted by Crippen LogP contribution is -2.03. The van der Waals surface area contributed by atoms with E-state index in [1.807, 2.05) is 24.4 Å². The van der Waals surface area contributed by atoms with Crippen LogP contribution in [0.3, 0.4) is 0 Å². The quantitative estimate of drug-likeness (QED) is 0.180. The molecule has 0 N–H and O–H groups in total. The van der Waals surface area contributed by atoms with Crippen LogP contribution in [0.15, 0.2) is 152 Å². The summed E-state index contributed by atoms with van der Waals surface area (Å²) in [5.41, 5.74) is 8.71. The predicted molar refractivity (Wildman–Crippen MR) is 207 cm³/mol. The number of hydrogen-bond acceptors (Lipinski definition) is 4. The molecule has 0 bridgehead atoms. The zero-order valence-corrected chi connectivity index (χ0v) is 27.2. The Balaban J connectivity index is 1.20. The van der Waals surface area contributed by atoms with E-state index in [1.165, 1.54) is 27.3 Å². The maximum absolute atomic E-state index is 5.29. The fourth-order valence-electron chi connectivity index (χ4n) is 7.53. The van der Waals surface area contributed by atoms with Crippen molar-refractivity contribution in [3.8, 4) is 45.3 Å². The first-order valence-corrected chi connectivity index (χ1v) is 17.1. The van der Waals surface area contributed by atoms with Gasteiger partial charge < -0.3 is 0 Å². The van der Waals surface area contributed by atoms with Crippen LogP contribution in [-0.4, -0.2) is 19.9 Å². The zero-order valence-electron chi connectivity index (χ0n) is 27.2. The minimum absolute atomic E-state index is 0.641. The van der Waals surface area contributed by atoms with Crippen LogP contribution in [0.2, 0.25) is 0 Å². The van der Waals surface area contributed by atoms with Crippen molar-refractivity contribution in [1.29, 1.82) is 0 Å². The lowest BCUT2D eigenvalue weighted by atomic mass is 9.89. The molecule has 9 aromatic rings. The van der Waals surface area contributed by atoms with Gasteiger partial charge in [-0.2, -0.15) is 0 Å². The van der Waals surface area contributed by atoms with Crippen LogP contribution in [0.5, 0.6) is 0 Å². The van der Waals surface area contributed by atoms with Gasteiger partial charge >= 0.3 is 0 Å². The smallest absolute Gasteiger partial charge is 0.164 e. The molecule has 4 heteroatoms. The molecule has 0 fully saturated rings. The number of fused-ring (bicyclic) bond motifs is 7. The number of para-hydroxylation sites is 1. The standard InChI is InChI=1S/C46H30N4/c1-4-14-35-31(11-1)26-41(39-18-8-6-16-37(35)39)45-48-44(30-23-21-29(22-24-30)34-25-33-13-3-10-20-43(33)47-28-34)49-46(50-45)42-27-32-12-2-5-15-36(32)38-17-7-9-19-40(38)42/h1-4,6-14,16-28H,5,15H2. The van der Waals surface area contributed by atoms with E-state index >= 15 is 0 Å². The van der Waals surface area contributed by atoms with Crippen LogP contribution in [-0.2, 0) is 6.42 Å². The van der Waals surface area contributed by atoms with E-state index < -0.39 is 0 Å². The van der Waals surface area contributed by atoms with E-state index in [1.54, 1.807) is 0 Å². The highest BCUT2D eigenvalue weighted by molar-refractivity contribution is 6.13. The Labute approximate surface area is 289 Å². The highest BCUT2D eigenvalue weighted by atomic mass is 15.0. The van der Waals surface area contributed by atoms with Crippen LogP contribution in [0.1, 0.15) is 17.5 Å². The predicted octanol–water partition coefficient (Wildman–Crippen LogP) is 11.5. The second-order valence-electron chi connectivity index (χ2n) is 13.0. The molecule has 2 aromatic heterocycles. The van der Waals surface area contributed by atoms with E-state index in [2.05, 4.69) is 133 Å². The molecule has 0 atom stereocenters. The van der Waals surface area contributed by atoms with E-state index in [0.717, 1.165) is 67.7 Å². The molecule has 4 nitrogen and oxygen atoms in total. The monoisotopic (exact) mass is 638 g/mol. The molecular weight excluding hydrogens is 609 g/mol. The van der Waals surface area contributed by atoms with Crippen molar-refractivity contribution in [3.63, 3.8) is 0 Å². The van der Waals surface area contributed by atoms with Crippen molar-refractivity contribution in [3.05, 3.63) is 163 Å².